The summed E-state index contributed by atoms with van der Waals surface area (Å²) >= 11 is 0. The number of aromatic nitrogens is 2. The zero-order chi connectivity index (χ0) is 18.1. The lowest BCUT2D eigenvalue weighted by molar-refractivity contribution is 0.415. The lowest BCUT2D eigenvalue weighted by atomic mass is 10.0. The van der Waals surface area contributed by atoms with Crippen LogP contribution in [0.15, 0.2) is 75.4 Å². The summed E-state index contributed by atoms with van der Waals surface area (Å²) in [7, 11) is 1.57. The Morgan fingerprint density at radius 2 is 1.69 bits per heavy atom. The Hall–Kier alpha value is -3.67. The Morgan fingerprint density at radius 1 is 0.962 bits per heavy atom. The second-order valence-electron chi connectivity index (χ2n) is 5.74. The molecule has 0 aliphatic carbocycles. The van der Waals surface area contributed by atoms with Crippen molar-refractivity contribution in [2.24, 2.45) is 5.10 Å². The van der Waals surface area contributed by atoms with E-state index in [4.69, 9.17) is 4.74 Å². The average molecular weight is 345 g/mol. The highest BCUT2D eigenvalue weighted by atomic mass is 16.5. The summed E-state index contributed by atoms with van der Waals surface area (Å²) in [5.41, 5.74) is 0.116. The van der Waals surface area contributed by atoms with Gasteiger partial charge in [-0.05, 0) is 29.0 Å². The van der Waals surface area contributed by atoms with Crippen molar-refractivity contribution in [3.05, 3.63) is 87.1 Å². The van der Waals surface area contributed by atoms with E-state index in [1.807, 2.05) is 36.4 Å². The van der Waals surface area contributed by atoms with Crippen LogP contribution in [0.1, 0.15) is 5.56 Å². The Balaban J connectivity index is 1.93. The number of para-hydroxylation sites is 1. The fourth-order valence-electron chi connectivity index (χ4n) is 2.96. The first-order chi connectivity index (χ1) is 12.7. The number of H-pyrrole nitrogens is 1. The van der Waals surface area contributed by atoms with Crippen molar-refractivity contribution in [2.75, 3.05) is 7.11 Å². The van der Waals surface area contributed by atoms with Crippen molar-refractivity contribution < 1.29 is 4.74 Å². The summed E-state index contributed by atoms with van der Waals surface area (Å²) in [5, 5.41) is 6.46. The Kier molecular flexibility index (Phi) is 3.85. The maximum atomic E-state index is 12.6. The van der Waals surface area contributed by atoms with E-state index in [9.17, 15) is 9.59 Å². The van der Waals surface area contributed by atoms with Gasteiger partial charge >= 0.3 is 5.69 Å². The highest BCUT2D eigenvalue weighted by Gasteiger charge is 2.08. The van der Waals surface area contributed by atoms with Gasteiger partial charge in [-0.2, -0.15) is 5.10 Å². The van der Waals surface area contributed by atoms with Gasteiger partial charge in [-0.15, -0.1) is 4.68 Å². The molecule has 0 fully saturated rings. The quantitative estimate of drug-likeness (QED) is 0.580. The Bertz CT molecular complexity index is 1270. The Morgan fingerprint density at radius 3 is 2.50 bits per heavy atom. The molecule has 1 aromatic heterocycles. The third-order valence-corrected chi connectivity index (χ3v) is 4.24. The van der Waals surface area contributed by atoms with E-state index in [1.165, 1.54) is 6.21 Å². The predicted octanol–water partition coefficient (Wildman–Crippen LogP) is 2.73. The van der Waals surface area contributed by atoms with Crippen LogP contribution in [0.5, 0.6) is 5.75 Å². The van der Waals surface area contributed by atoms with Gasteiger partial charge in [0.15, 0.2) is 0 Å². The molecule has 4 aromatic rings. The van der Waals surface area contributed by atoms with Crippen LogP contribution >= 0.6 is 0 Å². The molecule has 6 nitrogen and oxygen atoms in total. The number of hydrogen-bond donors (Lipinski definition) is 1. The van der Waals surface area contributed by atoms with E-state index >= 15 is 0 Å². The number of nitrogens with zero attached hydrogens (tertiary/aromatic N) is 2. The Labute approximate surface area is 148 Å². The number of fused-ring (bicyclic) bond motifs is 2. The van der Waals surface area contributed by atoms with Crippen LogP contribution < -0.4 is 16.0 Å². The lowest BCUT2D eigenvalue weighted by Crippen LogP contribution is -2.32. The standard InChI is InChI=1S/C20H15N3O3/c1-26-18-11-10-13-6-2-3-7-14(13)16(18)12-21-23-19(24)15-8-4-5-9-17(15)22-20(23)25/h2-12H,1H3,(H,22,25). The monoisotopic (exact) mass is 345 g/mol. The molecule has 128 valence electrons. The highest BCUT2D eigenvalue weighted by Crippen LogP contribution is 2.26. The first kappa shape index (κ1) is 15.8. The van der Waals surface area contributed by atoms with Gasteiger partial charge in [0, 0.05) is 5.56 Å². The summed E-state index contributed by atoms with van der Waals surface area (Å²) in [4.78, 5) is 27.5. The van der Waals surface area contributed by atoms with E-state index in [-0.39, 0.29) is 0 Å². The van der Waals surface area contributed by atoms with Crippen molar-refractivity contribution in [2.45, 2.75) is 0 Å². The van der Waals surface area contributed by atoms with Crippen LogP contribution in [0.3, 0.4) is 0 Å². The van der Waals surface area contributed by atoms with Crippen LogP contribution in [0.2, 0.25) is 0 Å². The van der Waals surface area contributed by atoms with Gasteiger partial charge in [0.05, 0.1) is 24.2 Å². The maximum absolute atomic E-state index is 12.6. The number of hydrogen-bond acceptors (Lipinski definition) is 4. The van der Waals surface area contributed by atoms with E-state index < -0.39 is 11.2 Å². The minimum atomic E-state index is -0.593. The molecular weight excluding hydrogens is 330 g/mol. The summed E-state index contributed by atoms with van der Waals surface area (Å²) in [6, 6.07) is 18.4. The molecule has 1 N–H and O–H groups in total. The van der Waals surface area contributed by atoms with Gasteiger partial charge in [0.25, 0.3) is 5.56 Å². The van der Waals surface area contributed by atoms with Crippen LogP contribution in [0.4, 0.5) is 0 Å². The molecule has 4 rings (SSSR count). The van der Waals surface area contributed by atoms with Gasteiger partial charge < -0.3 is 9.72 Å². The van der Waals surface area contributed by atoms with Crippen molar-refractivity contribution in [1.82, 2.24) is 9.66 Å². The first-order valence-electron chi connectivity index (χ1n) is 8.03. The van der Waals surface area contributed by atoms with Gasteiger partial charge in [-0.1, -0.05) is 42.5 Å². The van der Waals surface area contributed by atoms with E-state index in [0.29, 0.717) is 22.2 Å². The molecule has 6 heteroatoms. The molecule has 3 aromatic carbocycles. The molecule has 0 spiro atoms. The molecule has 0 unspecified atom stereocenters. The van der Waals surface area contributed by atoms with Crippen LogP contribution in [-0.4, -0.2) is 23.0 Å². The smallest absolute Gasteiger partial charge is 0.349 e. The molecule has 0 atom stereocenters. The number of benzene rings is 3. The largest absolute Gasteiger partial charge is 0.496 e. The number of aromatic amines is 1. The summed E-state index contributed by atoms with van der Waals surface area (Å²) < 4.78 is 6.23. The van der Waals surface area contributed by atoms with Crippen LogP contribution in [0.25, 0.3) is 21.7 Å². The van der Waals surface area contributed by atoms with Crippen molar-refractivity contribution >= 4 is 27.9 Å². The molecule has 0 aliphatic rings. The zero-order valence-corrected chi connectivity index (χ0v) is 14.0. The number of rotatable bonds is 3. The minimum Gasteiger partial charge on any atom is -0.496 e. The molecule has 0 amide bonds. The van der Waals surface area contributed by atoms with Crippen molar-refractivity contribution in [3.63, 3.8) is 0 Å². The van der Waals surface area contributed by atoms with Crippen LogP contribution in [0, 0.1) is 0 Å². The fourth-order valence-corrected chi connectivity index (χ4v) is 2.96. The molecule has 0 bridgehead atoms. The topological polar surface area (TPSA) is 76.5 Å². The molecule has 0 saturated heterocycles. The van der Waals surface area contributed by atoms with Gasteiger partial charge in [0.2, 0.25) is 0 Å². The third kappa shape index (κ3) is 2.57. The number of ether oxygens (including phenoxy) is 1. The van der Waals surface area contributed by atoms with Gasteiger partial charge in [-0.25, -0.2) is 4.79 Å². The number of nitrogens with one attached hydrogen (secondary N) is 1. The van der Waals surface area contributed by atoms with Crippen molar-refractivity contribution in [1.29, 1.82) is 0 Å². The summed E-state index contributed by atoms with van der Waals surface area (Å²) in [6.45, 7) is 0. The minimum absolute atomic E-state index is 0.397. The lowest BCUT2D eigenvalue weighted by Gasteiger charge is -2.08. The first-order valence-corrected chi connectivity index (χ1v) is 8.03. The summed E-state index contributed by atoms with van der Waals surface area (Å²) in [6.07, 6.45) is 1.48. The summed E-state index contributed by atoms with van der Waals surface area (Å²) in [5.74, 6) is 0.609. The highest BCUT2D eigenvalue weighted by molar-refractivity contribution is 6.02. The third-order valence-electron chi connectivity index (χ3n) is 4.24. The SMILES string of the molecule is COc1ccc2ccccc2c1C=Nn1c(=O)[nH]c2ccccc2c1=O. The van der Waals surface area contributed by atoms with E-state index in [1.54, 1.807) is 31.4 Å². The van der Waals surface area contributed by atoms with Crippen LogP contribution in [-0.2, 0) is 0 Å². The van der Waals surface area contributed by atoms with Gasteiger partial charge in [-0.3, -0.25) is 4.79 Å². The predicted molar refractivity (Wildman–Crippen MR) is 102 cm³/mol. The van der Waals surface area contributed by atoms with Gasteiger partial charge in [0.1, 0.15) is 5.75 Å². The molecule has 1 heterocycles. The average Bonchev–Trinajstić information content (AvgIpc) is 2.67. The van der Waals surface area contributed by atoms with E-state index in [0.717, 1.165) is 15.4 Å². The number of methoxy groups -OCH3 is 1. The molecule has 26 heavy (non-hydrogen) atoms. The molecular formula is C20H15N3O3. The molecule has 0 radical (unpaired) electrons. The zero-order valence-electron chi connectivity index (χ0n) is 14.0. The fraction of sp³-hybridized carbons (Fsp3) is 0.0500. The maximum Gasteiger partial charge on any atom is 0.349 e. The normalized spacial score (nSPS) is 11.4. The van der Waals surface area contributed by atoms with Crippen molar-refractivity contribution in [3.8, 4) is 5.75 Å². The second-order valence-corrected chi connectivity index (χ2v) is 5.74. The molecule has 0 saturated carbocycles. The van der Waals surface area contributed by atoms with E-state index in [2.05, 4.69) is 10.1 Å². The second kappa shape index (κ2) is 6.33. The molecule has 0 aliphatic heterocycles.